The Balaban J connectivity index is 2.09. The topological polar surface area (TPSA) is 88.5 Å². The highest BCUT2D eigenvalue weighted by atomic mass is 16.6. The maximum absolute atomic E-state index is 10.5. The van der Waals surface area contributed by atoms with E-state index in [-0.39, 0.29) is 11.6 Å². The van der Waals surface area contributed by atoms with Gasteiger partial charge in [0.05, 0.1) is 12.6 Å². The van der Waals surface area contributed by atoms with Crippen LogP contribution < -0.4 is 5.32 Å². The third-order valence-corrected chi connectivity index (χ3v) is 2.82. The van der Waals surface area contributed by atoms with Crippen molar-refractivity contribution < 1.29 is 14.4 Å². The Labute approximate surface area is 109 Å². The zero-order valence-corrected chi connectivity index (χ0v) is 10.6. The van der Waals surface area contributed by atoms with Gasteiger partial charge in [-0.1, -0.05) is 0 Å². The summed E-state index contributed by atoms with van der Waals surface area (Å²) >= 11 is 0. The van der Waals surface area contributed by atoms with Crippen LogP contribution in [0.5, 0.6) is 5.75 Å². The lowest BCUT2D eigenvalue weighted by molar-refractivity contribution is -0.402. The van der Waals surface area contributed by atoms with Gasteiger partial charge in [0, 0.05) is 5.69 Å². The van der Waals surface area contributed by atoms with Crippen LogP contribution in [0.3, 0.4) is 0 Å². The number of furan rings is 1. The van der Waals surface area contributed by atoms with Gasteiger partial charge >= 0.3 is 5.88 Å². The number of anilines is 1. The fraction of sp³-hybridized carbons (Fsp3) is 0.231. The van der Waals surface area contributed by atoms with Crippen molar-refractivity contribution in [1.29, 1.82) is 0 Å². The lowest BCUT2D eigenvalue weighted by Gasteiger charge is -2.10. The molecule has 6 heteroatoms. The number of phenolic OH excluding ortho intramolecular Hbond substituents is 1. The first-order valence-corrected chi connectivity index (χ1v) is 5.74. The number of nitrogens with zero attached hydrogens (tertiary/aromatic N) is 1. The Kier molecular flexibility index (Phi) is 3.41. The standard InChI is InChI=1S/C13H14N2O4/c1-8-6-12(16)9(2)5-11(8)14-7-10-3-4-13(19-10)15(17)18/h3-6,14,16H,7H2,1-2H3. The van der Waals surface area contributed by atoms with E-state index in [2.05, 4.69) is 5.32 Å². The van der Waals surface area contributed by atoms with Crippen molar-refractivity contribution in [3.63, 3.8) is 0 Å². The van der Waals surface area contributed by atoms with E-state index >= 15 is 0 Å². The molecule has 1 aromatic carbocycles. The summed E-state index contributed by atoms with van der Waals surface area (Å²) in [6.45, 7) is 4.02. The van der Waals surface area contributed by atoms with E-state index in [1.807, 2.05) is 13.0 Å². The lowest BCUT2D eigenvalue weighted by atomic mass is 10.1. The van der Waals surface area contributed by atoms with E-state index in [1.54, 1.807) is 19.1 Å². The van der Waals surface area contributed by atoms with Gasteiger partial charge in [0.15, 0.2) is 0 Å². The highest BCUT2D eigenvalue weighted by molar-refractivity contribution is 5.56. The summed E-state index contributed by atoms with van der Waals surface area (Å²) in [6.07, 6.45) is 0. The zero-order chi connectivity index (χ0) is 14.0. The van der Waals surface area contributed by atoms with E-state index in [4.69, 9.17) is 4.42 Å². The Bertz CT molecular complexity index is 619. The van der Waals surface area contributed by atoms with Crippen molar-refractivity contribution in [3.8, 4) is 5.75 Å². The maximum Gasteiger partial charge on any atom is 0.433 e. The Hall–Kier alpha value is -2.50. The number of phenols is 1. The molecular weight excluding hydrogens is 248 g/mol. The third kappa shape index (κ3) is 2.85. The minimum absolute atomic E-state index is 0.247. The van der Waals surface area contributed by atoms with Crippen molar-refractivity contribution in [3.05, 3.63) is 51.3 Å². The molecule has 6 nitrogen and oxygen atoms in total. The number of hydrogen-bond acceptors (Lipinski definition) is 5. The summed E-state index contributed by atoms with van der Waals surface area (Å²) in [5.74, 6) is 0.462. The molecule has 0 fully saturated rings. The molecule has 0 spiro atoms. The lowest BCUT2D eigenvalue weighted by Crippen LogP contribution is -2.00. The number of aromatic hydroxyl groups is 1. The molecule has 0 atom stereocenters. The first-order valence-electron chi connectivity index (χ1n) is 5.74. The van der Waals surface area contributed by atoms with Crippen LogP contribution in [-0.4, -0.2) is 10.0 Å². The predicted molar refractivity (Wildman–Crippen MR) is 70.3 cm³/mol. The van der Waals surface area contributed by atoms with Gasteiger partial charge in [0.1, 0.15) is 16.4 Å². The normalized spacial score (nSPS) is 10.4. The van der Waals surface area contributed by atoms with Crippen molar-refractivity contribution in [2.24, 2.45) is 0 Å². The van der Waals surface area contributed by atoms with Gasteiger partial charge in [-0.05, 0) is 43.2 Å². The van der Waals surface area contributed by atoms with Gasteiger partial charge in [0.25, 0.3) is 0 Å². The molecule has 0 radical (unpaired) electrons. The van der Waals surface area contributed by atoms with Gasteiger partial charge in [-0.25, -0.2) is 0 Å². The van der Waals surface area contributed by atoms with Crippen LogP contribution in [0, 0.1) is 24.0 Å². The van der Waals surface area contributed by atoms with Crippen molar-refractivity contribution >= 4 is 11.6 Å². The monoisotopic (exact) mass is 262 g/mol. The summed E-state index contributed by atoms with van der Waals surface area (Å²) in [7, 11) is 0. The molecule has 100 valence electrons. The summed E-state index contributed by atoms with van der Waals surface area (Å²) in [5.41, 5.74) is 2.51. The van der Waals surface area contributed by atoms with E-state index < -0.39 is 4.92 Å². The molecule has 0 aliphatic carbocycles. The Morgan fingerprint density at radius 2 is 2.05 bits per heavy atom. The molecule has 0 bridgehead atoms. The van der Waals surface area contributed by atoms with E-state index in [0.717, 1.165) is 16.8 Å². The van der Waals surface area contributed by atoms with Crippen LogP contribution in [0.1, 0.15) is 16.9 Å². The maximum atomic E-state index is 10.5. The second kappa shape index (κ2) is 5.01. The molecule has 0 saturated heterocycles. The number of nitrogens with one attached hydrogen (secondary N) is 1. The third-order valence-electron chi connectivity index (χ3n) is 2.82. The zero-order valence-electron chi connectivity index (χ0n) is 10.6. The molecule has 0 aliphatic heterocycles. The Morgan fingerprint density at radius 3 is 2.68 bits per heavy atom. The summed E-state index contributed by atoms with van der Waals surface area (Å²) in [4.78, 5) is 9.92. The molecule has 0 aliphatic rings. The first kappa shape index (κ1) is 12.9. The molecule has 0 amide bonds. The molecular formula is C13H14N2O4. The van der Waals surface area contributed by atoms with Crippen LogP contribution >= 0.6 is 0 Å². The minimum atomic E-state index is -0.570. The van der Waals surface area contributed by atoms with Gasteiger partial charge in [-0.15, -0.1) is 0 Å². The molecule has 1 heterocycles. The average molecular weight is 262 g/mol. The van der Waals surface area contributed by atoms with Crippen molar-refractivity contribution in [2.45, 2.75) is 20.4 Å². The van der Waals surface area contributed by atoms with Gasteiger partial charge < -0.3 is 14.8 Å². The average Bonchev–Trinajstić information content (AvgIpc) is 2.81. The van der Waals surface area contributed by atoms with Crippen molar-refractivity contribution in [2.75, 3.05) is 5.32 Å². The number of aryl methyl sites for hydroxylation is 2. The molecule has 2 rings (SSSR count). The molecule has 19 heavy (non-hydrogen) atoms. The van der Waals surface area contributed by atoms with Gasteiger partial charge in [-0.3, -0.25) is 10.1 Å². The molecule has 0 unspecified atom stereocenters. The second-order valence-electron chi connectivity index (χ2n) is 4.30. The highest BCUT2D eigenvalue weighted by Crippen LogP contribution is 2.25. The quantitative estimate of drug-likeness (QED) is 0.502. The number of hydrogen-bond donors (Lipinski definition) is 2. The fourth-order valence-corrected chi connectivity index (χ4v) is 1.73. The predicted octanol–water partition coefficient (Wildman–Crippen LogP) is 3.12. The minimum Gasteiger partial charge on any atom is -0.508 e. The van der Waals surface area contributed by atoms with Gasteiger partial charge in [0.2, 0.25) is 0 Å². The van der Waals surface area contributed by atoms with Crippen LogP contribution in [-0.2, 0) is 6.54 Å². The first-order chi connectivity index (χ1) is 8.97. The molecule has 0 saturated carbocycles. The van der Waals surface area contributed by atoms with Crippen molar-refractivity contribution in [1.82, 2.24) is 0 Å². The van der Waals surface area contributed by atoms with E-state index in [1.165, 1.54) is 6.07 Å². The van der Waals surface area contributed by atoms with Crippen LogP contribution in [0.4, 0.5) is 11.6 Å². The van der Waals surface area contributed by atoms with Crippen LogP contribution in [0.2, 0.25) is 0 Å². The van der Waals surface area contributed by atoms with Gasteiger partial charge in [-0.2, -0.15) is 0 Å². The van der Waals surface area contributed by atoms with E-state index in [0.29, 0.717) is 12.3 Å². The van der Waals surface area contributed by atoms with E-state index in [9.17, 15) is 15.2 Å². The fourth-order valence-electron chi connectivity index (χ4n) is 1.73. The summed E-state index contributed by atoms with van der Waals surface area (Å²) in [5, 5.41) is 23.2. The molecule has 2 aromatic rings. The van der Waals surface area contributed by atoms with Crippen LogP contribution in [0.15, 0.2) is 28.7 Å². The number of benzene rings is 1. The Morgan fingerprint density at radius 1 is 1.32 bits per heavy atom. The number of rotatable bonds is 4. The molecule has 1 aromatic heterocycles. The largest absolute Gasteiger partial charge is 0.508 e. The highest BCUT2D eigenvalue weighted by Gasteiger charge is 2.12. The smallest absolute Gasteiger partial charge is 0.433 e. The second-order valence-corrected chi connectivity index (χ2v) is 4.30. The summed E-state index contributed by atoms with van der Waals surface area (Å²) < 4.78 is 5.05. The molecule has 2 N–H and O–H groups in total. The number of nitro groups is 1. The summed E-state index contributed by atoms with van der Waals surface area (Å²) in [6, 6.07) is 6.38. The van der Waals surface area contributed by atoms with Crippen LogP contribution in [0.25, 0.3) is 0 Å². The SMILES string of the molecule is Cc1cc(NCc2ccc([N+](=O)[O-])o2)c(C)cc1O.